The fraction of sp³-hybridized carbons (Fsp3) is 0.944. The molecule has 7 heteroatoms. The van der Waals surface area contributed by atoms with Crippen LogP contribution in [0.4, 0.5) is 0 Å². The first kappa shape index (κ1) is 20.8. The first-order valence-electron chi connectivity index (χ1n) is 9.17. The van der Waals surface area contributed by atoms with Crippen LogP contribution < -0.4 is 0 Å². The number of rotatable bonds is 6. The fourth-order valence-electron chi connectivity index (χ4n) is 2.96. The van der Waals surface area contributed by atoms with Gasteiger partial charge in [-0.3, -0.25) is 4.79 Å². The van der Waals surface area contributed by atoms with Gasteiger partial charge in [-0.25, -0.2) is 0 Å². The van der Waals surface area contributed by atoms with E-state index >= 15 is 0 Å². The van der Waals surface area contributed by atoms with Crippen LogP contribution in [0.5, 0.6) is 0 Å². The van der Waals surface area contributed by atoms with E-state index in [9.17, 15) is 4.79 Å². The molecule has 2 aliphatic heterocycles. The van der Waals surface area contributed by atoms with Crippen molar-refractivity contribution in [2.45, 2.75) is 96.3 Å². The first-order chi connectivity index (χ1) is 11.4. The van der Waals surface area contributed by atoms with E-state index in [1.54, 1.807) is 6.92 Å². The summed E-state index contributed by atoms with van der Waals surface area (Å²) in [4.78, 5) is 11.9. The molecule has 2 heterocycles. The standard InChI is InChI=1S/C18H34O6Si/c1-9-20-14(19)10-12-15-16(24-18(5,6)23-15)13(22-12)11-21-25(7,8)17(2,3)4/h12-13,15-16H,9-11H2,1-8H3/t12?,13-,15+,16-/m1/s1. The molecule has 0 aliphatic carbocycles. The molecule has 6 nitrogen and oxygen atoms in total. The molecule has 0 saturated carbocycles. The Labute approximate surface area is 152 Å². The highest BCUT2D eigenvalue weighted by Gasteiger charge is 2.56. The predicted molar refractivity (Wildman–Crippen MR) is 96.9 cm³/mol. The van der Waals surface area contributed by atoms with Gasteiger partial charge in [-0.1, -0.05) is 20.8 Å². The fourth-order valence-corrected chi connectivity index (χ4v) is 3.98. The molecule has 2 aliphatic rings. The molecule has 0 radical (unpaired) electrons. The SMILES string of the molecule is CCOC(=O)CC1O[C@H](CO[Si](C)(C)C(C)(C)C)[C@H]2OC(C)(C)O[C@@H]12. The van der Waals surface area contributed by atoms with Gasteiger partial charge in [0.2, 0.25) is 0 Å². The molecule has 1 unspecified atom stereocenters. The summed E-state index contributed by atoms with van der Waals surface area (Å²) in [5.41, 5.74) is 0. The van der Waals surface area contributed by atoms with Crippen LogP contribution in [-0.2, 0) is 28.2 Å². The lowest BCUT2D eigenvalue weighted by Crippen LogP contribution is -2.44. The minimum absolute atomic E-state index is 0.127. The molecule has 4 atom stereocenters. The molecule has 0 aromatic heterocycles. The van der Waals surface area contributed by atoms with Crippen LogP contribution in [0.15, 0.2) is 0 Å². The molecule has 2 rings (SSSR count). The van der Waals surface area contributed by atoms with E-state index in [0.29, 0.717) is 13.2 Å². The third-order valence-electron chi connectivity index (χ3n) is 5.33. The van der Waals surface area contributed by atoms with Crippen molar-refractivity contribution in [1.82, 2.24) is 0 Å². The zero-order valence-corrected chi connectivity index (χ0v) is 17.9. The third-order valence-corrected chi connectivity index (χ3v) is 9.83. The molecule has 25 heavy (non-hydrogen) atoms. The summed E-state index contributed by atoms with van der Waals surface area (Å²) in [6.45, 7) is 17.4. The minimum Gasteiger partial charge on any atom is -0.466 e. The van der Waals surface area contributed by atoms with Crippen LogP contribution in [-0.4, -0.2) is 57.7 Å². The van der Waals surface area contributed by atoms with E-state index in [1.165, 1.54) is 0 Å². The Kier molecular flexibility index (Phi) is 6.06. The topological polar surface area (TPSA) is 63.2 Å². The van der Waals surface area contributed by atoms with E-state index in [2.05, 4.69) is 33.9 Å². The normalized spacial score (nSPS) is 31.8. The van der Waals surface area contributed by atoms with Crippen LogP contribution in [0.25, 0.3) is 0 Å². The van der Waals surface area contributed by atoms with Crippen molar-refractivity contribution in [2.24, 2.45) is 0 Å². The molecule has 0 aromatic carbocycles. The number of hydrogen-bond donors (Lipinski definition) is 0. The van der Waals surface area contributed by atoms with Crippen LogP contribution in [0.2, 0.25) is 18.1 Å². The minimum atomic E-state index is -1.89. The average Bonchev–Trinajstić information content (AvgIpc) is 2.90. The zero-order valence-electron chi connectivity index (χ0n) is 16.9. The van der Waals surface area contributed by atoms with Crippen molar-refractivity contribution in [3.05, 3.63) is 0 Å². The third kappa shape index (κ3) is 4.83. The Balaban J connectivity index is 2.05. The van der Waals surface area contributed by atoms with Gasteiger partial charge in [0.1, 0.15) is 18.3 Å². The second kappa shape index (κ2) is 7.27. The van der Waals surface area contributed by atoms with Gasteiger partial charge in [0, 0.05) is 0 Å². The number of esters is 1. The van der Waals surface area contributed by atoms with Crippen molar-refractivity contribution in [3.63, 3.8) is 0 Å². The Hall–Kier alpha value is -0.473. The van der Waals surface area contributed by atoms with Gasteiger partial charge in [0.15, 0.2) is 14.1 Å². The second-order valence-electron chi connectivity index (χ2n) is 8.86. The van der Waals surface area contributed by atoms with Crippen LogP contribution in [0, 0.1) is 0 Å². The Morgan fingerprint density at radius 2 is 1.68 bits per heavy atom. The molecule has 146 valence electrons. The number of fused-ring (bicyclic) bond motifs is 1. The smallest absolute Gasteiger partial charge is 0.308 e. The summed E-state index contributed by atoms with van der Waals surface area (Å²) in [6.07, 6.45) is -0.920. The lowest BCUT2D eigenvalue weighted by Gasteiger charge is -2.37. The van der Waals surface area contributed by atoms with Crippen LogP contribution >= 0.6 is 0 Å². The molecule has 0 amide bonds. The van der Waals surface area contributed by atoms with Gasteiger partial charge in [0.05, 0.1) is 25.7 Å². The number of hydrogen-bond acceptors (Lipinski definition) is 6. The average molecular weight is 375 g/mol. The number of ether oxygens (including phenoxy) is 4. The zero-order chi connectivity index (χ0) is 19.0. The monoisotopic (exact) mass is 374 g/mol. The highest BCUT2D eigenvalue weighted by atomic mass is 28.4. The van der Waals surface area contributed by atoms with Gasteiger partial charge in [-0.2, -0.15) is 0 Å². The predicted octanol–water partition coefficient (Wildman–Crippen LogP) is 3.25. The summed E-state index contributed by atoms with van der Waals surface area (Å²) >= 11 is 0. The Bertz CT molecular complexity index is 484. The van der Waals surface area contributed by atoms with Crippen molar-refractivity contribution in [1.29, 1.82) is 0 Å². The van der Waals surface area contributed by atoms with Gasteiger partial charge in [0.25, 0.3) is 0 Å². The van der Waals surface area contributed by atoms with Crippen molar-refractivity contribution in [3.8, 4) is 0 Å². The Morgan fingerprint density at radius 3 is 2.20 bits per heavy atom. The molecule has 2 fully saturated rings. The lowest BCUT2D eigenvalue weighted by atomic mass is 10.1. The lowest BCUT2D eigenvalue weighted by molar-refractivity contribution is -0.192. The molecule has 0 aromatic rings. The van der Waals surface area contributed by atoms with Crippen molar-refractivity contribution in [2.75, 3.05) is 13.2 Å². The molecule has 0 N–H and O–H groups in total. The van der Waals surface area contributed by atoms with Crippen molar-refractivity contribution >= 4 is 14.3 Å². The quantitative estimate of drug-likeness (QED) is 0.525. The van der Waals surface area contributed by atoms with E-state index in [1.807, 2.05) is 13.8 Å². The van der Waals surface area contributed by atoms with Crippen LogP contribution in [0.1, 0.15) is 48.0 Å². The molecule has 2 saturated heterocycles. The maximum absolute atomic E-state index is 11.9. The van der Waals surface area contributed by atoms with E-state index in [0.717, 1.165) is 0 Å². The highest BCUT2D eigenvalue weighted by Crippen LogP contribution is 2.41. The van der Waals surface area contributed by atoms with Gasteiger partial charge < -0.3 is 23.4 Å². The molecular formula is C18H34O6Si. The summed E-state index contributed by atoms with van der Waals surface area (Å²) in [5.74, 6) is -0.952. The maximum atomic E-state index is 11.9. The van der Waals surface area contributed by atoms with Crippen LogP contribution in [0.3, 0.4) is 0 Å². The molecule has 0 bridgehead atoms. The largest absolute Gasteiger partial charge is 0.466 e. The van der Waals surface area contributed by atoms with Gasteiger partial charge in [-0.15, -0.1) is 0 Å². The van der Waals surface area contributed by atoms with E-state index in [-0.39, 0.29) is 41.8 Å². The summed E-state index contributed by atoms with van der Waals surface area (Å²) in [5, 5.41) is 0.127. The first-order valence-corrected chi connectivity index (χ1v) is 12.1. The molecule has 0 spiro atoms. The summed E-state index contributed by atoms with van der Waals surface area (Å²) < 4.78 is 29.5. The van der Waals surface area contributed by atoms with Crippen molar-refractivity contribution < 1.29 is 28.2 Å². The second-order valence-corrected chi connectivity index (χ2v) is 13.7. The summed E-state index contributed by atoms with van der Waals surface area (Å²) in [6, 6.07) is 0. The molecular weight excluding hydrogens is 340 g/mol. The highest BCUT2D eigenvalue weighted by molar-refractivity contribution is 6.74. The van der Waals surface area contributed by atoms with Gasteiger partial charge >= 0.3 is 5.97 Å². The number of carbonyl (C=O) groups excluding carboxylic acids is 1. The van der Waals surface area contributed by atoms with E-state index < -0.39 is 14.1 Å². The van der Waals surface area contributed by atoms with Gasteiger partial charge in [-0.05, 0) is 38.9 Å². The Morgan fingerprint density at radius 1 is 1.12 bits per heavy atom. The maximum Gasteiger partial charge on any atom is 0.308 e. The number of carbonyl (C=O) groups is 1. The summed E-state index contributed by atoms with van der Waals surface area (Å²) in [7, 11) is -1.89. The van der Waals surface area contributed by atoms with E-state index in [4.69, 9.17) is 23.4 Å².